The van der Waals surface area contributed by atoms with Crippen LogP contribution in [0.1, 0.15) is 26.7 Å². The minimum Gasteiger partial charge on any atom is -0.457 e. The summed E-state index contributed by atoms with van der Waals surface area (Å²) in [6.07, 6.45) is 1.97. The highest BCUT2D eigenvalue weighted by atomic mass is 32.2. The maximum absolute atomic E-state index is 12.6. The number of nitrogens with zero attached hydrogens (tertiary/aromatic N) is 1. The molecule has 150 valence electrons. The average molecular weight is 401 g/mol. The van der Waals surface area contributed by atoms with E-state index in [0.29, 0.717) is 12.3 Å². The number of hydrogen-bond acceptors (Lipinski definition) is 4. The molecule has 0 spiro atoms. The van der Waals surface area contributed by atoms with E-state index >= 15 is 0 Å². The maximum Gasteiger partial charge on any atom is 0.245 e. The van der Waals surface area contributed by atoms with Crippen molar-refractivity contribution < 1.29 is 14.3 Å². The third-order valence-corrected chi connectivity index (χ3v) is 5.22. The summed E-state index contributed by atoms with van der Waals surface area (Å²) < 4.78 is 5.79. The molecule has 2 amide bonds. The van der Waals surface area contributed by atoms with E-state index in [1.807, 2.05) is 54.6 Å². The molecule has 2 rings (SSSR count). The molecule has 1 atom stereocenters. The van der Waals surface area contributed by atoms with Gasteiger partial charge in [0.2, 0.25) is 11.8 Å². The lowest BCUT2D eigenvalue weighted by atomic mass is 10.2. The van der Waals surface area contributed by atoms with E-state index in [1.54, 1.807) is 11.9 Å². The summed E-state index contributed by atoms with van der Waals surface area (Å²) in [5.41, 5.74) is 0. The molecular formula is C22H28N2O3S. The van der Waals surface area contributed by atoms with Gasteiger partial charge in [-0.15, -0.1) is 11.8 Å². The van der Waals surface area contributed by atoms with Gasteiger partial charge in [0, 0.05) is 31.2 Å². The lowest BCUT2D eigenvalue weighted by Crippen LogP contribution is -2.48. The molecule has 1 N–H and O–H groups in total. The first-order chi connectivity index (χ1) is 13.5. The highest BCUT2D eigenvalue weighted by Crippen LogP contribution is 2.25. The van der Waals surface area contributed by atoms with E-state index in [4.69, 9.17) is 4.74 Å². The van der Waals surface area contributed by atoms with Crippen LogP contribution in [0.4, 0.5) is 0 Å². The first kappa shape index (κ1) is 21.8. The van der Waals surface area contributed by atoms with E-state index in [9.17, 15) is 9.59 Å². The van der Waals surface area contributed by atoms with Crippen molar-refractivity contribution in [3.8, 4) is 11.5 Å². The largest absolute Gasteiger partial charge is 0.457 e. The van der Waals surface area contributed by atoms with Crippen LogP contribution in [0.2, 0.25) is 0 Å². The molecule has 0 aromatic heterocycles. The van der Waals surface area contributed by atoms with Crippen molar-refractivity contribution in [1.82, 2.24) is 10.2 Å². The van der Waals surface area contributed by atoms with Crippen LogP contribution in [0.3, 0.4) is 0 Å². The summed E-state index contributed by atoms with van der Waals surface area (Å²) >= 11 is 1.54. The van der Waals surface area contributed by atoms with Gasteiger partial charge in [0.1, 0.15) is 17.5 Å². The predicted molar refractivity (Wildman–Crippen MR) is 114 cm³/mol. The van der Waals surface area contributed by atoms with Crippen molar-refractivity contribution in [2.75, 3.05) is 19.3 Å². The van der Waals surface area contributed by atoms with Crippen molar-refractivity contribution in [3.05, 3.63) is 54.6 Å². The number of benzene rings is 2. The number of amides is 2. The van der Waals surface area contributed by atoms with E-state index < -0.39 is 6.04 Å². The molecular weight excluding hydrogens is 372 g/mol. The molecule has 0 saturated carbocycles. The Morgan fingerprint density at radius 3 is 2.32 bits per heavy atom. The molecule has 5 nitrogen and oxygen atoms in total. The molecule has 0 aliphatic carbocycles. The van der Waals surface area contributed by atoms with E-state index in [-0.39, 0.29) is 11.8 Å². The van der Waals surface area contributed by atoms with Crippen LogP contribution in [0, 0.1) is 0 Å². The molecule has 0 fully saturated rings. The monoisotopic (exact) mass is 400 g/mol. The van der Waals surface area contributed by atoms with Gasteiger partial charge in [0.05, 0.1) is 0 Å². The number of para-hydroxylation sites is 1. The standard InChI is InChI=1S/C22H28N2O3S/c1-4-5-15-24(3)22(26)21(23-17(2)25)16-28-20-13-11-19(12-14-20)27-18-9-7-6-8-10-18/h6-14,21H,4-5,15-16H2,1-3H3,(H,23,25). The molecule has 0 saturated heterocycles. The summed E-state index contributed by atoms with van der Waals surface area (Å²) in [6, 6.07) is 16.8. The topological polar surface area (TPSA) is 58.6 Å². The number of thioether (sulfide) groups is 1. The fourth-order valence-corrected chi connectivity index (χ4v) is 3.51. The van der Waals surface area contributed by atoms with Crippen molar-refractivity contribution in [2.45, 2.75) is 37.6 Å². The Balaban J connectivity index is 1.94. The molecule has 2 aromatic carbocycles. The predicted octanol–water partition coefficient (Wildman–Crippen LogP) is 4.33. The van der Waals surface area contributed by atoms with Gasteiger partial charge in [-0.3, -0.25) is 9.59 Å². The Bertz CT molecular complexity index is 750. The van der Waals surface area contributed by atoms with E-state index in [0.717, 1.165) is 29.2 Å². The van der Waals surface area contributed by atoms with Gasteiger partial charge in [0.15, 0.2) is 0 Å². The Kier molecular flexibility index (Phi) is 8.88. The number of rotatable bonds is 10. The summed E-state index contributed by atoms with van der Waals surface area (Å²) in [5, 5.41) is 2.78. The van der Waals surface area contributed by atoms with Gasteiger partial charge in [-0.25, -0.2) is 0 Å². The summed E-state index contributed by atoms with van der Waals surface area (Å²) in [5.74, 6) is 1.77. The Labute approximate surface area is 171 Å². The fourth-order valence-electron chi connectivity index (χ4n) is 2.60. The molecule has 0 heterocycles. The van der Waals surface area contributed by atoms with Gasteiger partial charge in [-0.2, -0.15) is 0 Å². The van der Waals surface area contributed by atoms with Gasteiger partial charge >= 0.3 is 0 Å². The molecule has 0 aliphatic heterocycles. The fraction of sp³-hybridized carbons (Fsp3) is 0.364. The molecule has 1 unspecified atom stereocenters. The van der Waals surface area contributed by atoms with Crippen molar-refractivity contribution in [1.29, 1.82) is 0 Å². The maximum atomic E-state index is 12.6. The van der Waals surface area contributed by atoms with Crippen LogP contribution >= 0.6 is 11.8 Å². The number of carbonyl (C=O) groups excluding carboxylic acids is 2. The number of carbonyl (C=O) groups is 2. The third kappa shape index (κ3) is 7.27. The number of likely N-dealkylation sites (N-methyl/N-ethyl adjacent to an activating group) is 1. The molecule has 2 aromatic rings. The Hall–Kier alpha value is -2.47. The van der Waals surface area contributed by atoms with Crippen LogP contribution < -0.4 is 10.1 Å². The SMILES string of the molecule is CCCCN(C)C(=O)C(CSc1ccc(Oc2ccccc2)cc1)NC(C)=O. The van der Waals surface area contributed by atoms with Gasteiger partial charge in [-0.1, -0.05) is 31.5 Å². The number of nitrogens with one attached hydrogen (secondary N) is 1. The molecule has 0 radical (unpaired) electrons. The minimum absolute atomic E-state index is 0.0554. The number of hydrogen-bond donors (Lipinski definition) is 1. The first-order valence-electron chi connectivity index (χ1n) is 9.47. The Morgan fingerprint density at radius 1 is 1.07 bits per heavy atom. The van der Waals surface area contributed by atoms with Gasteiger partial charge < -0.3 is 15.0 Å². The Morgan fingerprint density at radius 2 is 1.71 bits per heavy atom. The first-order valence-corrected chi connectivity index (χ1v) is 10.5. The van der Waals surface area contributed by atoms with Crippen LogP contribution in [-0.4, -0.2) is 42.1 Å². The second-order valence-electron chi connectivity index (χ2n) is 6.56. The van der Waals surface area contributed by atoms with E-state index in [2.05, 4.69) is 12.2 Å². The second kappa shape index (κ2) is 11.4. The highest BCUT2D eigenvalue weighted by Gasteiger charge is 2.22. The van der Waals surface area contributed by atoms with Crippen LogP contribution in [0.5, 0.6) is 11.5 Å². The zero-order valence-corrected chi connectivity index (χ0v) is 17.5. The molecule has 28 heavy (non-hydrogen) atoms. The summed E-state index contributed by atoms with van der Waals surface area (Å²) in [4.78, 5) is 26.9. The summed E-state index contributed by atoms with van der Waals surface area (Å²) in [7, 11) is 1.78. The van der Waals surface area contributed by atoms with E-state index in [1.165, 1.54) is 18.7 Å². The van der Waals surface area contributed by atoms with Crippen LogP contribution in [0.25, 0.3) is 0 Å². The molecule has 6 heteroatoms. The average Bonchev–Trinajstić information content (AvgIpc) is 2.70. The lowest BCUT2D eigenvalue weighted by Gasteiger charge is -2.24. The zero-order valence-electron chi connectivity index (χ0n) is 16.7. The van der Waals surface area contributed by atoms with Crippen molar-refractivity contribution in [3.63, 3.8) is 0 Å². The normalized spacial score (nSPS) is 11.5. The molecule has 0 aliphatic rings. The summed E-state index contributed by atoms with van der Waals surface area (Å²) in [6.45, 7) is 4.22. The van der Waals surface area contributed by atoms with Crippen LogP contribution in [-0.2, 0) is 9.59 Å². The number of ether oxygens (including phenoxy) is 1. The van der Waals surface area contributed by atoms with Gasteiger partial charge in [0.25, 0.3) is 0 Å². The smallest absolute Gasteiger partial charge is 0.245 e. The highest BCUT2D eigenvalue weighted by molar-refractivity contribution is 7.99. The molecule has 0 bridgehead atoms. The quantitative estimate of drug-likeness (QED) is 0.603. The van der Waals surface area contributed by atoms with Crippen molar-refractivity contribution in [2.24, 2.45) is 0 Å². The van der Waals surface area contributed by atoms with Crippen molar-refractivity contribution >= 4 is 23.6 Å². The van der Waals surface area contributed by atoms with Gasteiger partial charge in [-0.05, 0) is 42.8 Å². The minimum atomic E-state index is -0.537. The second-order valence-corrected chi connectivity index (χ2v) is 7.66. The number of unbranched alkanes of at least 4 members (excludes halogenated alkanes) is 1. The zero-order chi connectivity index (χ0) is 20.4. The lowest BCUT2D eigenvalue weighted by molar-refractivity contribution is -0.134. The third-order valence-electron chi connectivity index (χ3n) is 4.12. The van der Waals surface area contributed by atoms with Crippen LogP contribution in [0.15, 0.2) is 59.5 Å².